The highest BCUT2D eigenvalue weighted by molar-refractivity contribution is 5.39. The minimum atomic E-state index is 0.159. The van der Waals surface area contributed by atoms with E-state index in [0.717, 1.165) is 49.7 Å². The van der Waals surface area contributed by atoms with Gasteiger partial charge >= 0.3 is 0 Å². The van der Waals surface area contributed by atoms with Crippen molar-refractivity contribution < 1.29 is 19.7 Å². The maximum absolute atomic E-state index is 10.2. The van der Waals surface area contributed by atoms with Crippen LogP contribution in [0, 0.1) is 0 Å². The van der Waals surface area contributed by atoms with Crippen LogP contribution < -0.4 is 9.47 Å². The molecule has 158 valence electrons. The topological polar surface area (TPSA) is 65.4 Å². The fourth-order valence-corrected chi connectivity index (χ4v) is 3.94. The average molecular weight is 401 g/mol. The molecule has 2 aromatic rings. The summed E-state index contributed by atoms with van der Waals surface area (Å²) in [6.45, 7) is 6.91. The van der Waals surface area contributed by atoms with E-state index in [0.29, 0.717) is 13.2 Å². The largest absolute Gasteiger partial charge is 0.508 e. The van der Waals surface area contributed by atoms with Gasteiger partial charge in [0.1, 0.15) is 17.2 Å². The molecular formula is C23H32N2O4. The van der Waals surface area contributed by atoms with Crippen LogP contribution >= 0.6 is 0 Å². The number of aromatic hydroxyl groups is 1. The molecule has 1 aliphatic heterocycles. The summed E-state index contributed by atoms with van der Waals surface area (Å²) in [4.78, 5) is 4.76. The molecule has 3 rings (SSSR count). The SMILES string of the molecule is CCOc1ccccc1CN1CCN(Cc2cc(OC)ccc2O)C[C@@H]1CCO. The van der Waals surface area contributed by atoms with E-state index >= 15 is 0 Å². The van der Waals surface area contributed by atoms with Gasteiger partial charge in [0.2, 0.25) is 0 Å². The second kappa shape index (κ2) is 10.5. The smallest absolute Gasteiger partial charge is 0.123 e. The third-order valence-corrected chi connectivity index (χ3v) is 5.48. The third kappa shape index (κ3) is 5.63. The number of phenolic OH excluding ortho intramolecular Hbond substituents is 1. The van der Waals surface area contributed by atoms with Crippen LogP contribution in [-0.2, 0) is 13.1 Å². The Morgan fingerprint density at radius 1 is 1.07 bits per heavy atom. The first-order valence-electron chi connectivity index (χ1n) is 10.3. The number of hydrogen-bond donors (Lipinski definition) is 2. The van der Waals surface area contributed by atoms with Crippen molar-refractivity contribution in [3.05, 3.63) is 53.6 Å². The van der Waals surface area contributed by atoms with Crippen LogP contribution in [0.1, 0.15) is 24.5 Å². The van der Waals surface area contributed by atoms with Crippen molar-refractivity contribution in [1.29, 1.82) is 0 Å². The standard InChI is InChI=1S/C23H32N2O4/c1-3-29-23-7-5-4-6-18(23)16-25-12-11-24(17-20(25)10-13-26)15-19-14-21(28-2)8-9-22(19)27/h4-9,14,20,26-27H,3,10-13,15-17H2,1-2H3/t20-/m0/s1. The highest BCUT2D eigenvalue weighted by atomic mass is 16.5. The first-order valence-corrected chi connectivity index (χ1v) is 10.3. The Hall–Kier alpha value is -2.28. The summed E-state index contributed by atoms with van der Waals surface area (Å²) in [6, 6.07) is 13.8. The number of aliphatic hydroxyl groups is 1. The predicted molar refractivity (Wildman–Crippen MR) is 113 cm³/mol. The lowest BCUT2D eigenvalue weighted by atomic mass is 10.1. The van der Waals surface area contributed by atoms with E-state index in [4.69, 9.17) is 9.47 Å². The Morgan fingerprint density at radius 2 is 1.90 bits per heavy atom. The summed E-state index contributed by atoms with van der Waals surface area (Å²) in [5.41, 5.74) is 2.04. The summed E-state index contributed by atoms with van der Waals surface area (Å²) < 4.78 is 11.1. The van der Waals surface area contributed by atoms with E-state index in [2.05, 4.69) is 15.9 Å². The van der Waals surface area contributed by atoms with Gasteiger partial charge in [-0.2, -0.15) is 0 Å². The lowest BCUT2D eigenvalue weighted by molar-refractivity contribution is 0.0490. The molecule has 2 N–H and O–H groups in total. The number of piperazine rings is 1. The molecular weight excluding hydrogens is 368 g/mol. The second-order valence-electron chi connectivity index (χ2n) is 7.41. The summed E-state index contributed by atoms with van der Waals surface area (Å²) >= 11 is 0. The molecule has 1 fully saturated rings. The number of nitrogens with zero attached hydrogens (tertiary/aromatic N) is 2. The summed E-state index contributed by atoms with van der Waals surface area (Å²) in [5.74, 6) is 1.97. The molecule has 0 radical (unpaired) electrons. The molecule has 0 aromatic heterocycles. The van der Waals surface area contributed by atoms with Crippen molar-refractivity contribution in [1.82, 2.24) is 9.80 Å². The van der Waals surface area contributed by atoms with Crippen LogP contribution in [0.4, 0.5) is 0 Å². The lowest BCUT2D eigenvalue weighted by Crippen LogP contribution is -2.52. The van der Waals surface area contributed by atoms with Crippen LogP contribution in [0.2, 0.25) is 0 Å². The Balaban J connectivity index is 1.68. The van der Waals surface area contributed by atoms with Crippen molar-refractivity contribution in [3.8, 4) is 17.2 Å². The zero-order valence-corrected chi connectivity index (χ0v) is 17.4. The van der Waals surface area contributed by atoms with Crippen LogP contribution in [0.25, 0.3) is 0 Å². The Bertz CT molecular complexity index is 783. The quantitative estimate of drug-likeness (QED) is 0.675. The number of benzene rings is 2. The van der Waals surface area contributed by atoms with Gasteiger partial charge in [-0.1, -0.05) is 18.2 Å². The van der Waals surface area contributed by atoms with Gasteiger partial charge in [-0.25, -0.2) is 0 Å². The van der Waals surface area contributed by atoms with E-state index in [1.165, 1.54) is 5.56 Å². The predicted octanol–water partition coefficient (Wildman–Crippen LogP) is 2.87. The number of ether oxygens (including phenoxy) is 2. The molecule has 29 heavy (non-hydrogen) atoms. The number of phenols is 1. The fraction of sp³-hybridized carbons (Fsp3) is 0.478. The molecule has 2 aromatic carbocycles. The summed E-state index contributed by atoms with van der Waals surface area (Å²) in [6.07, 6.45) is 0.720. The van der Waals surface area contributed by atoms with Crippen molar-refractivity contribution in [2.75, 3.05) is 40.0 Å². The Labute approximate surface area is 173 Å². The van der Waals surface area contributed by atoms with E-state index < -0.39 is 0 Å². The molecule has 0 amide bonds. The van der Waals surface area contributed by atoms with Gasteiger partial charge in [0.25, 0.3) is 0 Å². The monoisotopic (exact) mass is 400 g/mol. The van der Waals surface area contributed by atoms with E-state index in [1.54, 1.807) is 19.2 Å². The first kappa shape index (κ1) is 21.4. The molecule has 1 saturated heterocycles. The van der Waals surface area contributed by atoms with Crippen molar-refractivity contribution in [3.63, 3.8) is 0 Å². The summed E-state index contributed by atoms with van der Waals surface area (Å²) in [5, 5.41) is 19.8. The van der Waals surface area contributed by atoms with Crippen LogP contribution in [-0.4, -0.2) is 66.0 Å². The zero-order chi connectivity index (χ0) is 20.6. The minimum Gasteiger partial charge on any atom is -0.508 e. The minimum absolute atomic E-state index is 0.159. The van der Waals surface area contributed by atoms with Crippen molar-refractivity contribution >= 4 is 0 Å². The number of hydrogen-bond acceptors (Lipinski definition) is 6. The van der Waals surface area contributed by atoms with Crippen LogP contribution in [0.5, 0.6) is 17.2 Å². The van der Waals surface area contributed by atoms with E-state index in [1.807, 2.05) is 31.2 Å². The normalized spacial score (nSPS) is 18.0. The molecule has 0 unspecified atom stereocenters. The summed E-state index contributed by atoms with van der Waals surface area (Å²) in [7, 11) is 1.63. The van der Waals surface area contributed by atoms with Crippen molar-refractivity contribution in [2.45, 2.75) is 32.5 Å². The molecule has 1 heterocycles. The van der Waals surface area contributed by atoms with Gasteiger partial charge in [-0.15, -0.1) is 0 Å². The van der Waals surface area contributed by atoms with Crippen molar-refractivity contribution in [2.24, 2.45) is 0 Å². The average Bonchev–Trinajstić information content (AvgIpc) is 2.73. The van der Waals surface area contributed by atoms with Gasteiger partial charge in [0.05, 0.1) is 13.7 Å². The van der Waals surface area contributed by atoms with Gasteiger partial charge in [-0.05, 0) is 37.6 Å². The molecule has 6 nitrogen and oxygen atoms in total. The van der Waals surface area contributed by atoms with Gasteiger partial charge in [0, 0.05) is 56.5 Å². The third-order valence-electron chi connectivity index (χ3n) is 5.48. The number of aliphatic hydroxyl groups excluding tert-OH is 1. The maximum Gasteiger partial charge on any atom is 0.123 e. The molecule has 6 heteroatoms. The molecule has 0 aliphatic carbocycles. The molecule has 0 bridgehead atoms. The second-order valence-corrected chi connectivity index (χ2v) is 7.41. The maximum atomic E-state index is 10.2. The lowest BCUT2D eigenvalue weighted by Gasteiger charge is -2.41. The fourth-order valence-electron chi connectivity index (χ4n) is 3.94. The Morgan fingerprint density at radius 3 is 2.66 bits per heavy atom. The highest BCUT2D eigenvalue weighted by Crippen LogP contribution is 2.27. The van der Waals surface area contributed by atoms with Crippen LogP contribution in [0.3, 0.4) is 0 Å². The van der Waals surface area contributed by atoms with Gasteiger partial charge in [-0.3, -0.25) is 9.80 Å². The Kier molecular flexibility index (Phi) is 7.75. The van der Waals surface area contributed by atoms with E-state index in [9.17, 15) is 10.2 Å². The van der Waals surface area contributed by atoms with Gasteiger partial charge in [0.15, 0.2) is 0 Å². The molecule has 0 spiro atoms. The zero-order valence-electron chi connectivity index (χ0n) is 17.4. The number of rotatable bonds is 9. The number of para-hydroxylation sites is 1. The first-order chi connectivity index (χ1) is 14.1. The van der Waals surface area contributed by atoms with E-state index in [-0.39, 0.29) is 18.4 Å². The molecule has 1 aliphatic rings. The van der Waals surface area contributed by atoms with Gasteiger partial charge < -0.3 is 19.7 Å². The van der Waals surface area contributed by atoms with Crippen LogP contribution in [0.15, 0.2) is 42.5 Å². The highest BCUT2D eigenvalue weighted by Gasteiger charge is 2.27. The molecule has 1 atom stereocenters. The number of methoxy groups -OCH3 is 1. The molecule has 0 saturated carbocycles.